The summed E-state index contributed by atoms with van der Waals surface area (Å²) in [6.45, 7) is 7.70. The summed E-state index contributed by atoms with van der Waals surface area (Å²) in [4.78, 5) is 23.0. The number of hydrogen-bond donors (Lipinski definition) is 0. The molecule has 0 aliphatic carbocycles. The molecular weight excluding hydrogens is 422 g/mol. The second-order valence-corrected chi connectivity index (χ2v) is 9.36. The molecule has 3 aromatic rings. The van der Waals surface area contributed by atoms with Gasteiger partial charge in [-0.2, -0.15) is 0 Å². The van der Waals surface area contributed by atoms with Crippen molar-refractivity contribution in [2.24, 2.45) is 0 Å². The Morgan fingerprint density at radius 1 is 1.03 bits per heavy atom. The average Bonchev–Trinajstić information content (AvgIpc) is 3.09. The maximum atomic E-state index is 13.1. The highest BCUT2D eigenvalue weighted by Crippen LogP contribution is 2.32. The maximum absolute atomic E-state index is 13.1. The van der Waals surface area contributed by atoms with E-state index >= 15 is 0 Å². The molecule has 0 radical (unpaired) electrons. The number of halogens is 1. The molecule has 1 amide bonds. The van der Waals surface area contributed by atoms with Crippen LogP contribution in [0.4, 0.5) is 5.13 Å². The highest BCUT2D eigenvalue weighted by Gasteiger charge is 2.21. The molecule has 0 fully saturated rings. The van der Waals surface area contributed by atoms with Crippen molar-refractivity contribution in [2.75, 3.05) is 37.8 Å². The number of anilines is 1. The van der Waals surface area contributed by atoms with E-state index in [0.29, 0.717) is 12.3 Å². The van der Waals surface area contributed by atoms with Gasteiger partial charge in [0.05, 0.1) is 16.0 Å². The number of carbonyl (C=O) groups is 1. The Morgan fingerprint density at radius 3 is 2.38 bits per heavy atom. The van der Waals surface area contributed by atoms with Gasteiger partial charge in [0.25, 0.3) is 0 Å². The lowest BCUT2D eigenvalue weighted by Gasteiger charge is -2.21. The number of carbonyl (C=O) groups excluding carboxylic acids is 1. The number of nitrogens with zero attached hydrogens (tertiary/aromatic N) is 3. The first kappa shape index (κ1) is 23.7. The highest BCUT2D eigenvalue weighted by atomic mass is 35.5. The lowest BCUT2D eigenvalue weighted by molar-refractivity contribution is -0.116. The van der Waals surface area contributed by atoms with Gasteiger partial charge in [0.15, 0.2) is 5.13 Å². The van der Waals surface area contributed by atoms with Crippen molar-refractivity contribution in [3.8, 4) is 0 Å². The molecule has 0 aliphatic rings. The van der Waals surface area contributed by atoms with Crippen LogP contribution in [0, 0.1) is 20.8 Å². The summed E-state index contributed by atoms with van der Waals surface area (Å²) in [5, 5.41) is 0.792. The van der Waals surface area contributed by atoms with Crippen LogP contribution >= 0.6 is 35.5 Å². The van der Waals surface area contributed by atoms with Crippen molar-refractivity contribution >= 4 is 56.8 Å². The molecule has 0 bridgehead atoms. The molecule has 7 heteroatoms. The molecule has 0 atom stereocenters. The third-order valence-electron chi connectivity index (χ3n) is 4.76. The van der Waals surface area contributed by atoms with Gasteiger partial charge in [-0.1, -0.05) is 35.1 Å². The number of rotatable bonds is 7. The zero-order valence-electron chi connectivity index (χ0n) is 17.6. The minimum Gasteiger partial charge on any atom is -0.308 e. The van der Waals surface area contributed by atoms with Gasteiger partial charge in [-0.25, -0.2) is 4.98 Å². The summed E-state index contributed by atoms with van der Waals surface area (Å²) in [5.41, 5.74) is 4.65. The molecule has 1 aromatic heterocycles. The number of thioether (sulfide) groups is 1. The fourth-order valence-electron chi connectivity index (χ4n) is 2.81. The molecular formula is C22H28ClN3OS2. The molecule has 156 valence electrons. The standard InChI is InChI=1S/C22H27N3OS2.ClH/c1-15-6-9-18(10-7-15)27-14-20(26)25(13-12-24(4)5)22-23-21-17(3)16(2)8-11-19(21)28-22;/h6-11H,12-14H2,1-5H3;1H. The maximum Gasteiger partial charge on any atom is 0.239 e. The number of aryl methyl sites for hydroxylation is 3. The lowest BCUT2D eigenvalue weighted by Crippen LogP contribution is -2.37. The Balaban J connectivity index is 0.00000300. The molecule has 29 heavy (non-hydrogen) atoms. The lowest BCUT2D eigenvalue weighted by atomic mass is 10.1. The number of amides is 1. The Kier molecular flexibility index (Phi) is 8.52. The minimum absolute atomic E-state index is 0. The van der Waals surface area contributed by atoms with E-state index in [1.54, 1.807) is 23.1 Å². The van der Waals surface area contributed by atoms with Crippen LogP contribution in [0.25, 0.3) is 10.2 Å². The van der Waals surface area contributed by atoms with E-state index in [1.165, 1.54) is 16.7 Å². The van der Waals surface area contributed by atoms with E-state index in [1.807, 2.05) is 19.0 Å². The first-order valence-electron chi connectivity index (χ1n) is 9.36. The second-order valence-electron chi connectivity index (χ2n) is 7.30. The summed E-state index contributed by atoms with van der Waals surface area (Å²) < 4.78 is 1.13. The zero-order chi connectivity index (χ0) is 20.3. The van der Waals surface area contributed by atoms with Gasteiger partial charge in [0, 0.05) is 18.0 Å². The van der Waals surface area contributed by atoms with Gasteiger partial charge in [-0.3, -0.25) is 9.69 Å². The molecule has 0 saturated heterocycles. The van der Waals surface area contributed by atoms with Crippen LogP contribution in [0.3, 0.4) is 0 Å². The summed E-state index contributed by atoms with van der Waals surface area (Å²) >= 11 is 3.18. The number of likely N-dealkylation sites (N-methyl/N-ethyl adjacent to an activating group) is 1. The summed E-state index contributed by atoms with van der Waals surface area (Å²) in [5.74, 6) is 0.505. The van der Waals surface area contributed by atoms with E-state index in [-0.39, 0.29) is 18.3 Å². The Labute approximate surface area is 187 Å². The number of benzene rings is 2. The molecule has 3 rings (SSSR count). The van der Waals surface area contributed by atoms with Crippen molar-refractivity contribution < 1.29 is 4.79 Å². The van der Waals surface area contributed by atoms with Crippen LogP contribution < -0.4 is 4.90 Å². The molecule has 2 aromatic carbocycles. The number of aromatic nitrogens is 1. The third-order valence-corrected chi connectivity index (χ3v) is 6.80. The molecule has 0 unspecified atom stereocenters. The van der Waals surface area contributed by atoms with E-state index < -0.39 is 0 Å². The average molecular weight is 450 g/mol. The van der Waals surface area contributed by atoms with Crippen molar-refractivity contribution in [2.45, 2.75) is 25.7 Å². The van der Waals surface area contributed by atoms with Crippen molar-refractivity contribution in [3.63, 3.8) is 0 Å². The fourth-order valence-corrected chi connectivity index (χ4v) is 4.66. The normalized spacial score (nSPS) is 11.0. The van der Waals surface area contributed by atoms with Gasteiger partial charge in [0.2, 0.25) is 5.91 Å². The summed E-state index contributed by atoms with van der Waals surface area (Å²) in [6, 6.07) is 12.5. The van der Waals surface area contributed by atoms with Crippen LogP contribution in [0.5, 0.6) is 0 Å². The first-order chi connectivity index (χ1) is 13.3. The molecule has 0 aliphatic heterocycles. The second kappa shape index (κ2) is 10.4. The number of thiazole rings is 1. The summed E-state index contributed by atoms with van der Waals surface area (Å²) in [6.07, 6.45) is 0. The van der Waals surface area contributed by atoms with Crippen molar-refractivity contribution in [3.05, 3.63) is 53.1 Å². The van der Waals surface area contributed by atoms with Crippen LogP contribution in [0.15, 0.2) is 41.3 Å². The largest absolute Gasteiger partial charge is 0.308 e. The zero-order valence-corrected chi connectivity index (χ0v) is 20.0. The minimum atomic E-state index is 0. The Hall–Kier alpha value is -1.60. The van der Waals surface area contributed by atoms with Gasteiger partial charge in [-0.15, -0.1) is 24.2 Å². The Bertz CT molecular complexity index is 970. The van der Waals surface area contributed by atoms with Crippen LogP contribution in [0.1, 0.15) is 16.7 Å². The van der Waals surface area contributed by atoms with E-state index in [4.69, 9.17) is 4.98 Å². The van der Waals surface area contributed by atoms with E-state index in [2.05, 4.69) is 62.1 Å². The van der Waals surface area contributed by atoms with E-state index in [0.717, 1.165) is 26.8 Å². The quantitative estimate of drug-likeness (QED) is 0.457. The van der Waals surface area contributed by atoms with Gasteiger partial charge in [0.1, 0.15) is 0 Å². The van der Waals surface area contributed by atoms with Gasteiger partial charge >= 0.3 is 0 Å². The number of hydrogen-bond acceptors (Lipinski definition) is 5. The van der Waals surface area contributed by atoms with Gasteiger partial charge in [-0.05, 0) is 64.2 Å². The Morgan fingerprint density at radius 2 is 1.72 bits per heavy atom. The summed E-state index contributed by atoms with van der Waals surface area (Å²) in [7, 11) is 4.05. The molecule has 4 nitrogen and oxygen atoms in total. The third kappa shape index (κ3) is 5.95. The topological polar surface area (TPSA) is 36.4 Å². The van der Waals surface area contributed by atoms with Gasteiger partial charge < -0.3 is 4.90 Å². The monoisotopic (exact) mass is 449 g/mol. The van der Waals surface area contributed by atoms with Crippen LogP contribution in [-0.4, -0.2) is 48.7 Å². The SMILES string of the molecule is Cc1ccc(SCC(=O)N(CCN(C)C)c2nc3c(C)c(C)ccc3s2)cc1.Cl. The van der Waals surface area contributed by atoms with Crippen LogP contribution in [-0.2, 0) is 4.79 Å². The predicted molar refractivity (Wildman–Crippen MR) is 129 cm³/mol. The number of fused-ring (bicyclic) bond motifs is 1. The smallest absolute Gasteiger partial charge is 0.239 e. The van der Waals surface area contributed by atoms with Crippen LogP contribution in [0.2, 0.25) is 0 Å². The molecule has 1 heterocycles. The first-order valence-corrected chi connectivity index (χ1v) is 11.2. The van der Waals surface area contributed by atoms with Crippen molar-refractivity contribution in [1.82, 2.24) is 9.88 Å². The molecule has 0 N–H and O–H groups in total. The molecule has 0 spiro atoms. The predicted octanol–water partition coefficient (Wildman–Crippen LogP) is 5.33. The fraction of sp³-hybridized carbons (Fsp3) is 0.364. The van der Waals surface area contributed by atoms with Crippen molar-refractivity contribution in [1.29, 1.82) is 0 Å². The van der Waals surface area contributed by atoms with E-state index in [9.17, 15) is 4.79 Å². The highest BCUT2D eigenvalue weighted by molar-refractivity contribution is 8.00. The molecule has 0 saturated carbocycles.